The van der Waals surface area contributed by atoms with E-state index in [2.05, 4.69) is 27.0 Å². The van der Waals surface area contributed by atoms with Crippen LogP contribution in [0.1, 0.15) is 17.2 Å². The summed E-state index contributed by atoms with van der Waals surface area (Å²) in [5.41, 5.74) is 3.70. The second-order valence-electron chi connectivity index (χ2n) is 8.73. The van der Waals surface area contributed by atoms with Crippen molar-refractivity contribution in [3.8, 4) is 17.7 Å². The van der Waals surface area contributed by atoms with Gasteiger partial charge in [-0.05, 0) is 36.2 Å². The number of hydrogen-bond donors (Lipinski definition) is 3. The van der Waals surface area contributed by atoms with Crippen molar-refractivity contribution < 1.29 is 14.3 Å². The molecule has 3 aromatic carbocycles. The molecule has 5 rings (SSSR count). The van der Waals surface area contributed by atoms with Crippen molar-refractivity contribution in [3.05, 3.63) is 83.9 Å². The summed E-state index contributed by atoms with van der Waals surface area (Å²) in [7, 11) is 0. The minimum Gasteiger partial charge on any atom is -0.454 e. The van der Waals surface area contributed by atoms with Crippen LogP contribution in [0.2, 0.25) is 0 Å². The second-order valence-corrected chi connectivity index (χ2v) is 8.73. The highest BCUT2D eigenvalue weighted by Gasteiger charge is 2.35. The Kier molecular flexibility index (Phi) is 6.78. The number of carbonyl (C=O) groups is 1. The zero-order valence-corrected chi connectivity index (χ0v) is 20.0. The number of fused-ring (bicyclic) bond motifs is 1. The molecule has 0 bridgehead atoms. The average molecular weight is 485 g/mol. The first-order valence-corrected chi connectivity index (χ1v) is 11.9. The highest BCUT2D eigenvalue weighted by atomic mass is 16.7. The lowest BCUT2D eigenvalue weighted by atomic mass is 10.0. The number of anilines is 2. The van der Waals surface area contributed by atoms with E-state index < -0.39 is 6.29 Å². The molecule has 9 heteroatoms. The summed E-state index contributed by atoms with van der Waals surface area (Å²) < 4.78 is 10.8. The van der Waals surface area contributed by atoms with Gasteiger partial charge in [-0.1, -0.05) is 48.5 Å². The number of urea groups is 1. The lowest BCUT2D eigenvalue weighted by molar-refractivity contribution is 0.0733. The molecule has 1 saturated heterocycles. The number of carbonyl (C=O) groups excluding carboxylic acids is 1. The minimum atomic E-state index is -0.415. The van der Waals surface area contributed by atoms with Crippen molar-refractivity contribution in [2.45, 2.75) is 19.3 Å². The van der Waals surface area contributed by atoms with Crippen LogP contribution in [0.15, 0.2) is 72.8 Å². The second kappa shape index (κ2) is 10.5. The Hall–Kier alpha value is -4.42. The van der Waals surface area contributed by atoms with Gasteiger partial charge < -0.3 is 25.0 Å². The highest BCUT2D eigenvalue weighted by Crippen LogP contribution is 2.35. The Morgan fingerprint density at radius 3 is 2.61 bits per heavy atom. The fraction of sp³-hybridized carbons (Fsp3) is 0.259. The number of amides is 2. The van der Waals surface area contributed by atoms with E-state index in [1.165, 1.54) is 0 Å². The van der Waals surface area contributed by atoms with E-state index in [4.69, 9.17) is 9.47 Å². The summed E-state index contributed by atoms with van der Waals surface area (Å²) in [6.45, 7) is 3.80. The van der Waals surface area contributed by atoms with E-state index in [0.29, 0.717) is 36.8 Å². The normalized spacial score (nSPS) is 17.7. The number of aryl methyl sites for hydroxylation is 1. The van der Waals surface area contributed by atoms with E-state index >= 15 is 0 Å². The number of nitrogens with one attached hydrogen (secondary N) is 3. The number of piperazine rings is 1. The van der Waals surface area contributed by atoms with Crippen LogP contribution in [-0.2, 0) is 0 Å². The van der Waals surface area contributed by atoms with Crippen molar-refractivity contribution >= 4 is 17.4 Å². The lowest BCUT2D eigenvalue weighted by Gasteiger charge is -2.44. The van der Waals surface area contributed by atoms with Crippen LogP contribution in [0.25, 0.3) is 0 Å². The first-order chi connectivity index (χ1) is 17.6. The fourth-order valence-electron chi connectivity index (χ4n) is 4.57. The summed E-state index contributed by atoms with van der Waals surface area (Å²) in [6.07, 6.45) is 1.66. The molecule has 0 aromatic heterocycles. The van der Waals surface area contributed by atoms with Crippen molar-refractivity contribution in [2.75, 3.05) is 37.1 Å². The third-order valence-electron chi connectivity index (χ3n) is 6.48. The molecule has 0 spiro atoms. The molecule has 2 unspecified atom stereocenters. The molecule has 9 nitrogen and oxygen atoms in total. The Morgan fingerprint density at radius 2 is 1.81 bits per heavy atom. The van der Waals surface area contributed by atoms with E-state index in [1.54, 1.807) is 18.2 Å². The molecular formula is C27H28N6O3. The van der Waals surface area contributed by atoms with Gasteiger partial charge in [0.25, 0.3) is 0 Å². The molecule has 2 aliphatic heterocycles. The third kappa shape index (κ3) is 4.99. The number of hydrogen-bond acceptors (Lipinski definition) is 7. The zero-order chi connectivity index (χ0) is 24.9. The zero-order valence-electron chi connectivity index (χ0n) is 20.0. The third-order valence-corrected chi connectivity index (χ3v) is 6.48. The molecular weight excluding hydrogens is 456 g/mol. The maximum Gasteiger partial charge on any atom is 0.322 e. The average Bonchev–Trinajstić information content (AvgIpc) is 3.38. The Balaban J connectivity index is 1.36. The topological polar surface area (TPSA) is 102 Å². The van der Waals surface area contributed by atoms with Crippen molar-refractivity contribution in [1.29, 1.82) is 5.26 Å². The van der Waals surface area contributed by atoms with E-state index in [1.807, 2.05) is 66.4 Å². The maximum absolute atomic E-state index is 13.4. The maximum atomic E-state index is 13.4. The summed E-state index contributed by atoms with van der Waals surface area (Å²) in [5, 5.41) is 18.8. The van der Waals surface area contributed by atoms with Gasteiger partial charge in [-0.15, -0.1) is 0 Å². The Bertz CT molecular complexity index is 1260. The van der Waals surface area contributed by atoms with Crippen molar-refractivity contribution in [1.82, 2.24) is 15.1 Å². The molecule has 2 aliphatic rings. The number of para-hydroxylation sites is 1. The van der Waals surface area contributed by atoms with Crippen LogP contribution >= 0.6 is 0 Å². The number of ether oxygens (including phenoxy) is 2. The molecule has 0 saturated carbocycles. The quantitative estimate of drug-likeness (QED) is 0.275. The van der Waals surface area contributed by atoms with Crippen LogP contribution < -0.4 is 25.4 Å². The van der Waals surface area contributed by atoms with Gasteiger partial charge in [0, 0.05) is 37.1 Å². The van der Waals surface area contributed by atoms with E-state index in [9.17, 15) is 10.1 Å². The smallest absolute Gasteiger partial charge is 0.322 e. The van der Waals surface area contributed by atoms with Gasteiger partial charge in [-0.2, -0.15) is 5.26 Å². The van der Waals surface area contributed by atoms with Gasteiger partial charge in [0.15, 0.2) is 24.0 Å². The van der Waals surface area contributed by atoms with Crippen LogP contribution in [0.5, 0.6) is 11.5 Å². The predicted octanol–water partition coefficient (Wildman–Crippen LogP) is 4.08. The van der Waals surface area contributed by atoms with Crippen LogP contribution in [0.3, 0.4) is 0 Å². The van der Waals surface area contributed by atoms with Crippen LogP contribution in [0, 0.1) is 18.4 Å². The first kappa shape index (κ1) is 23.3. The summed E-state index contributed by atoms with van der Waals surface area (Å²) in [6, 6.07) is 22.9. The highest BCUT2D eigenvalue weighted by molar-refractivity contribution is 5.90. The molecule has 3 aromatic rings. The van der Waals surface area contributed by atoms with Gasteiger partial charge in [0.1, 0.15) is 0 Å². The molecule has 2 amide bonds. The summed E-state index contributed by atoms with van der Waals surface area (Å²) >= 11 is 0. The summed E-state index contributed by atoms with van der Waals surface area (Å²) in [5.74, 6) is 1.28. The number of rotatable bonds is 6. The molecule has 2 atom stereocenters. The number of benzene rings is 3. The lowest BCUT2D eigenvalue weighted by Crippen LogP contribution is -2.59. The molecule has 0 radical (unpaired) electrons. The molecule has 3 N–H and O–H groups in total. The minimum absolute atomic E-state index is 0.180. The number of nitriles is 1. The SMILES string of the molecule is Cc1ccccc1NC(NC#N)N1CCN(C(=O)Nc2ccc3c(c2)OCO3)C(c2ccccc2)C1. The van der Waals surface area contributed by atoms with Crippen LogP contribution in [-0.4, -0.2) is 48.5 Å². The van der Waals surface area contributed by atoms with Gasteiger partial charge >= 0.3 is 6.03 Å². The monoisotopic (exact) mass is 484 g/mol. The molecule has 36 heavy (non-hydrogen) atoms. The van der Waals surface area contributed by atoms with Crippen LogP contribution in [0.4, 0.5) is 16.2 Å². The van der Waals surface area contributed by atoms with Crippen molar-refractivity contribution in [3.63, 3.8) is 0 Å². The largest absolute Gasteiger partial charge is 0.454 e. The molecule has 0 aliphatic carbocycles. The van der Waals surface area contributed by atoms with Gasteiger partial charge in [0.05, 0.1) is 6.04 Å². The van der Waals surface area contributed by atoms with Gasteiger partial charge in [-0.25, -0.2) is 4.79 Å². The number of nitrogens with zero attached hydrogens (tertiary/aromatic N) is 3. The van der Waals surface area contributed by atoms with Gasteiger partial charge in [0.2, 0.25) is 6.79 Å². The Morgan fingerprint density at radius 1 is 1.03 bits per heavy atom. The summed E-state index contributed by atoms with van der Waals surface area (Å²) in [4.78, 5) is 17.4. The molecule has 2 heterocycles. The fourth-order valence-corrected chi connectivity index (χ4v) is 4.57. The standard InChI is InChI=1S/C27H28N6O3/c1-19-7-5-6-10-22(19)31-26(29-17-28)32-13-14-33(23(16-32)20-8-3-2-4-9-20)27(34)30-21-11-12-24-25(15-21)36-18-35-24/h2-12,15,23,26,29,31H,13-14,16,18H2,1H3,(H,30,34). The van der Waals surface area contributed by atoms with Crippen molar-refractivity contribution in [2.24, 2.45) is 0 Å². The molecule has 1 fully saturated rings. The first-order valence-electron chi connectivity index (χ1n) is 11.9. The van der Waals surface area contributed by atoms with Gasteiger partial charge in [-0.3, -0.25) is 10.2 Å². The Labute approximate surface area is 210 Å². The predicted molar refractivity (Wildman–Crippen MR) is 136 cm³/mol. The molecule has 184 valence electrons. The van der Waals surface area contributed by atoms with E-state index in [-0.39, 0.29) is 18.9 Å². The van der Waals surface area contributed by atoms with E-state index in [0.717, 1.165) is 16.8 Å².